The molecule has 0 amide bonds. The molecule has 0 spiro atoms. The predicted octanol–water partition coefficient (Wildman–Crippen LogP) is 21.3. The lowest BCUT2D eigenvalue weighted by molar-refractivity contribution is -0.223. The van der Waals surface area contributed by atoms with Crippen molar-refractivity contribution in [2.45, 2.75) is 272 Å². The maximum atomic E-state index is 12.9. The number of esters is 3. The van der Waals surface area contributed by atoms with Crippen LogP contribution in [0.2, 0.25) is 0 Å². The van der Waals surface area contributed by atoms with Crippen LogP contribution >= 0.6 is 0 Å². The van der Waals surface area contributed by atoms with Gasteiger partial charge >= 0.3 is 23.9 Å². The van der Waals surface area contributed by atoms with Gasteiger partial charge in [-0.05, 0) is 221 Å². The van der Waals surface area contributed by atoms with Crippen LogP contribution in [0.4, 0.5) is 0 Å². The molecule has 0 radical (unpaired) electrons. The summed E-state index contributed by atoms with van der Waals surface area (Å²) in [6, 6.07) is 37.8. The zero-order chi connectivity index (χ0) is 67.3. The van der Waals surface area contributed by atoms with Crippen LogP contribution in [0.15, 0.2) is 115 Å². The number of carbonyl (C=O) groups excluding carboxylic acids is 3. The molecule has 4 saturated carbocycles. The molecule has 0 aromatic heterocycles. The number of aliphatic carboxylic acids is 1. The molecule has 4 aliphatic rings. The molecular weight excluding hydrogens is 1090 g/mol. The van der Waals surface area contributed by atoms with Crippen LogP contribution in [0, 0.1) is 56.7 Å². The topological polar surface area (TPSA) is 136 Å². The van der Waals surface area contributed by atoms with E-state index in [4.69, 9.17) is 24.4 Å². The van der Waals surface area contributed by atoms with Crippen molar-refractivity contribution in [1.29, 1.82) is 0 Å². The van der Waals surface area contributed by atoms with Gasteiger partial charge in [-0.25, -0.2) is 0 Å². The SMILES string of the molecule is CCC(C)(C)C(=O)O.CCC(C)(C)C(=O)OC(C)(C(C)C)C12CC3CC(CC(C3)C1)C2.CCC(C)(C)C(=O)OC(C)(c1ccccc1)C(C)C.CCC(C)(C)C(=O)OCc1ccccc1.CCC(C)(C)c1ccc(O)cc1.CCC(C)(C)c1ccccc1. The van der Waals surface area contributed by atoms with E-state index in [1.165, 1.54) is 56.1 Å². The van der Waals surface area contributed by atoms with E-state index in [1.54, 1.807) is 26.0 Å². The van der Waals surface area contributed by atoms with Gasteiger partial charge in [0, 0.05) is 5.41 Å². The molecule has 4 aromatic carbocycles. The molecule has 9 nitrogen and oxygen atoms in total. The predicted molar refractivity (Wildman–Crippen MR) is 366 cm³/mol. The number of carbonyl (C=O) groups is 4. The van der Waals surface area contributed by atoms with Crippen LogP contribution < -0.4 is 0 Å². The van der Waals surface area contributed by atoms with Crippen LogP contribution in [0.25, 0.3) is 0 Å². The summed E-state index contributed by atoms with van der Waals surface area (Å²) in [5, 5.41) is 17.5. The number of aromatic hydroxyl groups is 1. The zero-order valence-electron chi connectivity index (χ0n) is 59.8. The van der Waals surface area contributed by atoms with E-state index in [-0.39, 0.29) is 51.1 Å². The Labute approximate surface area is 536 Å². The number of hydrogen-bond donors (Lipinski definition) is 2. The van der Waals surface area contributed by atoms with E-state index in [0.29, 0.717) is 30.1 Å². The first kappa shape index (κ1) is 78.7. The molecule has 494 valence electrons. The molecule has 2 N–H and O–H groups in total. The highest BCUT2D eigenvalue weighted by Crippen LogP contribution is 2.66. The van der Waals surface area contributed by atoms with Gasteiger partial charge in [0.05, 0.1) is 21.7 Å². The fourth-order valence-electron chi connectivity index (χ4n) is 11.2. The number of hydrogen-bond acceptors (Lipinski definition) is 8. The third kappa shape index (κ3) is 22.2. The summed E-state index contributed by atoms with van der Waals surface area (Å²) in [6.07, 6.45) is 13.5. The van der Waals surface area contributed by atoms with E-state index in [0.717, 1.165) is 54.6 Å². The number of ether oxygens (including phenoxy) is 3. The third-order valence-electron chi connectivity index (χ3n) is 21.2. The first-order valence-electron chi connectivity index (χ1n) is 33.5. The number of phenols is 1. The lowest BCUT2D eigenvalue weighted by Gasteiger charge is -2.63. The van der Waals surface area contributed by atoms with E-state index in [1.807, 2.05) is 142 Å². The molecule has 0 heterocycles. The second-order valence-electron chi connectivity index (χ2n) is 30.6. The minimum absolute atomic E-state index is 0.00643. The first-order chi connectivity index (χ1) is 40.6. The van der Waals surface area contributed by atoms with Crippen LogP contribution in [0.5, 0.6) is 5.75 Å². The maximum absolute atomic E-state index is 12.9. The number of benzene rings is 4. The van der Waals surface area contributed by atoms with Crippen molar-refractivity contribution in [2.24, 2.45) is 56.7 Å². The molecule has 4 bridgehead atoms. The van der Waals surface area contributed by atoms with Crippen molar-refractivity contribution in [3.05, 3.63) is 138 Å². The Bertz CT molecular complexity index is 2660. The van der Waals surface area contributed by atoms with E-state index < -0.39 is 22.4 Å². The molecule has 4 aliphatic carbocycles. The van der Waals surface area contributed by atoms with Crippen molar-refractivity contribution >= 4 is 23.9 Å². The Balaban J connectivity index is 0.000000372. The average Bonchev–Trinajstić information content (AvgIpc) is 1.30. The normalized spacial score (nSPS) is 19.3. The Morgan fingerprint density at radius 1 is 0.443 bits per heavy atom. The molecule has 8 rings (SSSR count). The molecule has 4 aromatic rings. The van der Waals surface area contributed by atoms with E-state index in [9.17, 15) is 19.2 Å². The highest BCUT2D eigenvalue weighted by atomic mass is 16.6. The van der Waals surface area contributed by atoms with E-state index in [2.05, 4.69) is 113 Å². The summed E-state index contributed by atoms with van der Waals surface area (Å²) in [5.74, 6) is 2.61. The Morgan fingerprint density at radius 3 is 1.11 bits per heavy atom. The molecule has 2 unspecified atom stereocenters. The summed E-state index contributed by atoms with van der Waals surface area (Å²) in [6.45, 7) is 49.8. The zero-order valence-corrected chi connectivity index (χ0v) is 59.8. The van der Waals surface area contributed by atoms with Crippen LogP contribution in [-0.2, 0) is 56.4 Å². The van der Waals surface area contributed by atoms with Crippen molar-refractivity contribution in [3.63, 3.8) is 0 Å². The highest BCUT2D eigenvalue weighted by Gasteiger charge is 2.62. The molecule has 0 aliphatic heterocycles. The van der Waals surface area contributed by atoms with E-state index >= 15 is 0 Å². The van der Waals surface area contributed by atoms with Crippen molar-refractivity contribution in [1.82, 2.24) is 0 Å². The quantitative estimate of drug-likeness (QED) is 0.0655. The third-order valence-corrected chi connectivity index (χ3v) is 21.2. The molecular formula is C79H124O9. The monoisotopic (exact) mass is 1220 g/mol. The van der Waals surface area contributed by atoms with Crippen molar-refractivity contribution < 1.29 is 43.6 Å². The van der Waals surface area contributed by atoms with Gasteiger partial charge in [0.25, 0.3) is 0 Å². The van der Waals surface area contributed by atoms with Gasteiger partial charge in [-0.2, -0.15) is 0 Å². The van der Waals surface area contributed by atoms with Crippen LogP contribution in [0.1, 0.15) is 265 Å². The minimum Gasteiger partial charge on any atom is -0.508 e. The second-order valence-corrected chi connectivity index (χ2v) is 30.6. The second kappa shape index (κ2) is 33.6. The number of rotatable bonds is 20. The summed E-state index contributed by atoms with van der Waals surface area (Å²) in [7, 11) is 0. The molecule has 88 heavy (non-hydrogen) atoms. The van der Waals surface area contributed by atoms with Gasteiger partial charge in [0.1, 0.15) is 23.6 Å². The molecule has 9 heteroatoms. The van der Waals surface area contributed by atoms with Crippen molar-refractivity contribution in [3.8, 4) is 5.75 Å². The summed E-state index contributed by atoms with van der Waals surface area (Å²) < 4.78 is 17.5. The van der Waals surface area contributed by atoms with Gasteiger partial charge < -0.3 is 24.4 Å². The number of carboxylic acids is 1. The molecule has 2 atom stereocenters. The van der Waals surface area contributed by atoms with Gasteiger partial charge in [0.2, 0.25) is 0 Å². The van der Waals surface area contributed by atoms with Gasteiger partial charge in [-0.15, -0.1) is 0 Å². The fourth-order valence-corrected chi connectivity index (χ4v) is 11.2. The average molecular weight is 1220 g/mol. The lowest BCUT2D eigenvalue weighted by atomic mass is 9.44. The number of phenolic OH excluding ortho intramolecular Hbond substituents is 1. The largest absolute Gasteiger partial charge is 0.508 e. The van der Waals surface area contributed by atoms with Gasteiger partial charge in [-0.1, -0.05) is 200 Å². The van der Waals surface area contributed by atoms with Crippen LogP contribution in [0.3, 0.4) is 0 Å². The Kier molecular flexibility index (Phi) is 30.0. The number of carboxylic acid groups (broad SMARTS) is 1. The lowest BCUT2D eigenvalue weighted by Crippen LogP contribution is -2.61. The first-order valence-corrected chi connectivity index (χ1v) is 33.5. The van der Waals surface area contributed by atoms with Crippen LogP contribution in [-0.4, -0.2) is 39.7 Å². The standard InChI is InChI=1S/C21H36O2.C17H26O2.C13H18O2.C11H16O.C11H16.C6H12O2/c1-7-19(4,5)18(22)23-20(6,14(2)3)21-11-15-8-16(12-21)10-17(9-15)13-21;1-7-16(4,5)15(18)19-17(6,13(2)3)14-11-9-8-10-12-14;1-4-13(2,3)12(14)15-10-11-8-6-5-7-9-11;1-4-11(2,3)9-5-7-10(12)8-6-9;1-4-11(2,3)10-8-6-5-7-9-10;1-4-6(2,3)5(7)8/h14-17H,7-13H2,1-6H3;8-13H,7H2,1-6H3;5-9H,4,10H2,1-3H3;5-8,12H,4H2,1-3H3;5-9H,4H2,1-3H3;4H2,1-3H3,(H,7,8). The highest BCUT2D eigenvalue weighted by molar-refractivity contribution is 5.77. The fraction of sp³-hybridized carbons (Fsp3) is 0.646. The van der Waals surface area contributed by atoms with Gasteiger partial charge in [0.15, 0.2) is 0 Å². The summed E-state index contributed by atoms with van der Waals surface area (Å²) in [5.41, 5.74) is 2.94. The smallest absolute Gasteiger partial charge is 0.312 e. The van der Waals surface area contributed by atoms with Gasteiger partial charge in [-0.3, -0.25) is 19.2 Å². The Morgan fingerprint density at radius 2 is 0.784 bits per heavy atom. The Hall–Kier alpha value is -5.44. The molecule has 4 fully saturated rings. The summed E-state index contributed by atoms with van der Waals surface area (Å²) in [4.78, 5) is 47.2. The molecule has 0 saturated heterocycles. The minimum atomic E-state index is -0.722. The van der Waals surface area contributed by atoms with Crippen molar-refractivity contribution in [2.75, 3.05) is 0 Å². The summed E-state index contributed by atoms with van der Waals surface area (Å²) >= 11 is 0. The maximum Gasteiger partial charge on any atom is 0.312 e.